The van der Waals surface area contributed by atoms with Gasteiger partial charge >= 0.3 is 0 Å². The Balaban J connectivity index is 1.79. The van der Waals surface area contributed by atoms with Gasteiger partial charge in [0.05, 0.1) is 18.5 Å². The van der Waals surface area contributed by atoms with Crippen LogP contribution in [0.15, 0.2) is 53.6 Å². The molecule has 0 unspecified atom stereocenters. The summed E-state index contributed by atoms with van der Waals surface area (Å²) < 4.78 is 18.7. The highest BCUT2D eigenvalue weighted by molar-refractivity contribution is 6.03. The Bertz CT molecular complexity index is 760. The van der Waals surface area contributed by atoms with E-state index in [4.69, 9.17) is 4.74 Å². The minimum atomic E-state index is -0.626. The summed E-state index contributed by atoms with van der Waals surface area (Å²) in [7, 11) is 0. The van der Waals surface area contributed by atoms with Gasteiger partial charge in [0.2, 0.25) is 11.8 Å². The maximum atomic E-state index is 13.4. The smallest absolute Gasteiger partial charge is 0.249 e. The van der Waals surface area contributed by atoms with Gasteiger partial charge in [-0.25, -0.2) is 9.82 Å². The molecule has 0 saturated carbocycles. The Morgan fingerprint density at radius 2 is 1.84 bits per heavy atom. The second kappa shape index (κ2) is 9.17. The molecule has 6 nitrogen and oxygen atoms in total. The van der Waals surface area contributed by atoms with Gasteiger partial charge in [-0.3, -0.25) is 9.59 Å². The molecule has 25 heavy (non-hydrogen) atoms. The number of hydrazone groups is 1. The number of para-hydroxylation sites is 1. The zero-order valence-corrected chi connectivity index (χ0v) is 13.7. The second-order valence-corrected chi connectivity index (χ2v) is 5.00. The number of ether oxygens (including phenoxy) is 1. The fourth-order valence-electron chi connectivity index (χ4n) is 1.94. The van der Waals surface area contributed by atoms with E-state index in [9.17, 15) is 14.0 Å². The van der Waals surface area contributed by atoms with E-state index < -0.39 is 24.1 Å². The van der Waals surface area contributed by atoms with Gasteiger partial charge in [0.1, 0.15) is 18.0 Å². The van der Waals surface area contributed by atoms with Crippen LogP contribution in [-0.2, 0) is 9.59 Å². The summed E-state index contributed by atoms with van der Waals surface area (Å²) in [5.41, 5.74) is 3.04. The summed E-state index contributed by atoms with van der Waals surface area (Å²) in [6, 6.07) is 12.9. The first-order valence-electron chi connectivity index (χ1n) is 7.67. The molecule has 0 aliphatic carbocycles. The van der Waals surface area contributed by atoms with Gasteiger partial charge in [0.15, 0.2) is 0 Å². The van der Waals surface area contributed by atoms with Crippen molar-refractivity contribution in [3.05, 3.63) is 59.9 Å². The molecule has 0 fully saturated rings. The standard InChI is InChI=1S/C18H18FN3O3/c1-2-25-14-9-7-13(8-10-14)12-20-22-18(24)11-17(23)21-16-6-4-3-5-15(16)19/h3-10,12H,2,11H2,1H3,(H,21,23)(H,22,24). The summed E-state index contributed by atoms with van der Waals surface area (Å²) >= 11 is 0. The Morgan fingerprint density at radius 1 is 1.12 bits per heavy atom. The van der Waals surface area contributed by atoms with Crippen LogP contribution in [0.3, 0.4) is 0 Å². The lowest BCUT2D eigenvalue weighted by Crippen LogP contribution is -2.24. The molecule has 0 spiro atoms. The van der Waals surface area contributed by atoms with Crippen molar-refractivity contribution in [3.63, 3.8) is 0 Å². The highest BCUT2D eigenvalue weighted by Gasteiger charge is 2.10. The van der Waals surface area contributed by atoms with E-state index in [2.05, 4.69) is 15.8 Å². The van der Waals surface area contributed by atoms with Crippen molar-refractivity contribution in [2.75, 3.05) is 11.9 Å². The minimum absolute atomic E-state index is 0.0261. The van der Waals surface area contributed by atoms with Crippen LogP contribution in [0.5, 0.6) is 5.75 Å². The zero-order chi connectivity index (χ0) is 18.1. The summed E-state index contributed by atoms with van der Waals surface area (Å²) in [6.45, 7) is 2.48. The largest absolute Gasteiger partial charge is 0.494 e. The van der Waals surface area contributed by atoms with Crippen LogP contribution in [0.25, 0.3) is 0 Å². The quantitative estimate of drug-likeness (QED) is 0.461. The number of nitrogens with one attached hydrogen (secondary N) is 2. The Kier molecular flexibility index (Phi) is 6.65. The number of hydrogen-bond acceptors (Lipinski definition) is 4. The second-order valence-electron chi connectivity index (χ2n) is 5.00. The lowest BCUT2D eigenvalue weighted by molar-refractivity contribution is -0.126. The molecule has 2 rings (SSSR count). The lowest BCUT2D eigenvalue weighted by Gasteiger charge is -2.05. The molecule has 7 heteroatoms. The van der Waals surface area contributed by atoms with Gasteiger partial charge in [0.25, 0.3) is 0 Å². The van der Waals surface area contributed by atoms with Crippen molar-refractivity contribution in [2.24, 2.45) is 5.10 Å². The number of rotatable bonds is 7. The first kappa shape index (κ1) is 18.1. The van der Waals surface area contributed by atoms with Gasteiger partial charge < -0.3 is 10.1 Å². The molecule has 2 amide bonds. The fraction of sp³-hybridized carbons (Fsp3) is 0.167. The predicted molar refractivity (Wildman–Crippen MR) is 93.0 cm³/mol. The van der Waals surface area contributed by atoms with Crippen LogP contribution in [0.2, 0.25) is 0 Å². The number of amides is 2. The molecule has 2 aromatic rings. The molecular formula is C18H18FN3O3. The van der Waals surface area contributed by atoms with Gasteiger partial charge in [-0.1, -0.05) is 12.1 Å². The van der Waals surface area contributed by atoms with Gasteiger partial charge in [0, 0.05) is 0 Å². The summed E-state index contributed by atoms with van der Waals surface area (Å²) in [6.07, 6.45) is 0.983. The first-order valence-corrected chi connectivity index (χ1v) is 7.67. The molecule has 2 N–H and O–H groups in total. The van der Waals surface area contributed by atoms with Crippen molar-refractivity contribution in [2.45, 2.75) is 13.3 Å². The number of benzene rings is 2. The lowest BCUT2D eigenvalue weighted by atomic mass is 10.2. The Morgan fingerprint density at radius 3 is 2.52 bits per heavy atom. The van der Waals surface area contributed by atoms with Crippen molar-refractivity contribution in [1.82, 2.24) is 5.43 Å². The van der Waals surface area contributed by atoms with Crippen LogP contribution in [0.1, 0.15) is 18.9 Å². The van der Waals surface area contributed by atoms with E-state index in [0.717, 1.165) is 11.3 Å². The maximum Gasteiger partial charge on any atom is 0.249 e. The molecular weight excluding hydrogens is 325 g/mol. The molecule has 0 atom stereocenters. The van der Waals surface area contributed by atoms with E-state index in [1.54, 1.807) is 30.3 Å². The molecule has 0 aromatic heterocycles. The average molecular weight is 343 g/mol. The first-order chi connectivity index (χ1) is 12.1. The van der Waals surface area contributed by atoms with E-state index in [1.165, 1.54) is 24.4 Å². The van der Waals surface area contributed by atoms with Crippen LogP contribution in [-0.4, -0.2) is 24.6 Å². The Hall–Kier alpha value is -3.22. The third kappa shape index (κ3) is 6.06. The minimum Gasteiger partial charge on any atom is -0.494 e. The number of nitrogens with zero attached hydrogens (tertiary/aromatic N) is 1. The zero-order valence-electron chi connectivity index (χ0n) is 13.7. The highest BCUT2D eigenvalue weighted by Crippen LogP contribution is 2.12. The third-order valence-corrected chi connectivity index (χ3v) is 3.06. The summed E-state index contributed by atoms with van der Waals surface area (Å²) in [4.78, 5) is 23.4. The predicted octanol–water partition coefficient (Wildman–Crippen LogP) is 2.70. The normalized spacial score (nSPS) is 10.5. The van der Waals surface area contributed by atoms with Gasteiger partial charge in [-0.05, 0) is 48.9 Å². The number of halogens is 1. The van der Waals surface area contributed by atoms with E-state index in [-0.39, 0.29) is 5.69 Å². The maximum absolute atomic E-state index is 13.4. The summed E-state index contributed by atoms with van der Waals surface area (Å²) in [5, 5.41) is 6.10. The molecule has 0 aliphatic heterocycles. The van der Waals surface area contributed by atoms with Crippen molar-refractivity contribution in [1.29, 1.82) is 0 Å². The Labute approximate surface area is 144 Å². The topological polar surface area (TPSA) is 79.8 Å². The summed E-state index contributed by atoms with van der Waals surface area (Å²) in [5.74, 6) is -1.05. The molecule has 0 heterocycles. The molecule has 2 aromatic carbocycles. The average Bonchev–Trinajstić information content (AvgIpc) is 2.59. The van der Waals surface area contributed by atoms with Crippen molar-refractivity contribution in [3.8, 4) is 5.75 Å². The van der Waals surface area contributed by atoms with E-state index in [1.807, 2.05) is 6.92 Å². The monoisotopic (exact) mass is 343 g/mol. The highest BCUT2D eigenvalue weighted by atomic mass is 19.1. The van der Waals surface area contributed by atoms with E-state index >= 15 is 0 Å². The van der Waals surface area contributed by atoms with Crippen LogP contribution in [0.4, 0.5) is 10.1 Å². The molecule has 0 saturated heterocycles. The van der Waals surface area contributed by atoms with Crippen molar-refractivity contribution < 1.29 is 18.7 Å². The molecule has 0 radical (unpaired) electrons. The SMILES string of the molecule is CCOc1ccc(C=NNC(=O)CC(=O)Nc2ccccc2F)cc1. The molecule has 0 bridgehead atoms. The van der Waals surface area contributed by atoms with Crippen molar-refractivity contribution >= 4 is 23.7 Å². The number of carbonyl (C=O) groups is 2. The van der Waals surface area contributed by atoms with Gasteiger partial charge in [-0.15, -0.1) is 0 Å². The van der Waals surface area contributed by atoms with Crippen LogP contribution in [0, 0.1) is 5.82 Å². The molecule has 130 valence electrons. The molecule has 0 aliphatic rings. The van der Waals surface area contributed by atoms with Crippen LogP contribution < -0.4 is 15.5 Å². The van der Waals surface area contributed by atoms with Gasteiger partial charge in [-0.2, -0.15) is 5.10 Å². The van der Waals surface area contributed by atoms with E-state index in [0.29, 0.717) is 6.61 Å². The number of anilines is 1. The van der Waals surface area contributed by atoms with Crippen LogP contribution >= 0.6 is 0 Å². The third-order valence-electron chi connectivity index (χ3n) is 3.06. The fourth-order valence-corrected chi connectivity index (χ4v) is 1.94. The number of carbonyl (C=O) groups excluding carboxylic acids is 2. The number of hydrogen-bond donors (Lipinski definition) is 2.